The van der Waals surface area contributed by atoms with Gasteiger partial charge in [-0.1, -0.05) is 13.8 Å². The molecule has 8 heteroatoms. The van der Waals surface area contributed by atoms with Crippen LogP contribution in [0.4, 0.5) is 4.39 Å². The summed E-state index contributed by atoms with van der Waals surface area (Å²) in [5, 5.41) is 14.4. The van der Waals surface area contributed by atoms with Crippen LogP contribution >= 0.6 is 0 Å². The van der Waals surface area contributed by atoms with Crippen molar-refractivity contribution in [3.05, 3.63) is 51.6 Å². The Balaban J connectivity index is 1.90. The Morgan fingerprint density at radius 3 is 2.60 bits per heavy atom. The summed E-state index contributed by atoms with van der Waals surface area (Å²) in [6.07, 6.45) is 1.81. The SMILES string of the molecule is CCn1c(CO)nn(-c2cc3c(C(C)C)cc(C4CCOCC4)nc3cc2F)c1=O. The van der Waals surface area contributed by atoms with Crippen LogP contribution in [-0.4, -0.2) is 37.7 Å². The van der Waals surface area contributed by atoms with E-state index in [1.165, 1.54) is 10.6 Å². The van der Waals surface area contributed by atoms with E-state index < -0.39 is 18.1 Å². The summed E-state index contributed by atoms with van der Waals surface area (Å²) >= 11 is 0. The minimum absolute atomic E-state index is 0.0666. The maximum absolute atomic E-state index is 15.1. The second-order valence-electron chi connectivity index (χ2n) is 8.01. The number of pyridine rings is 1. The van der Waals surface area contributed by atoms with Crippen LogP contribution in [0.5, 0.6) is 0 Å². The molecule has 0 saturated carbocycles. The lowest BCUT2D eigenvalue weighted by Crippen LogP contribution is -2.24. The van der Waals surface area contributed by atoms with Gasteiger partial charge in [-0.05, 0) is 43.4 Å². The predicted molar refractivity (Wildman–Crippen MR) is 112 cm³/mol. The number of hydrogen-bond donors (Lipinski definition) is 1. The number of ether oxygens (including phenoxy) is 1. The van der Waals surface area contributed by atoms with Gasteiger partial charge in [0.15, 0.2) is 11.6 Å². The van der Waals surface area contributed by atoms with E-state index in [2.05, 4.69) is 25.0 Å². The second-order valence-corrected chi connectivity index (χ2v) is 8.01. The van der Waals surface area contributed by atoms with E-state index in [0.717, 1.165) is 34.2 Å². The van der Waals surface area contributed by atoms with E-state index in [4.69, 9.17) is 9.72 Å². The largest absolute Gasteiger partial charge is 0.388 e. The van der Waals surface area contributed by atoms with Crippen LogP contribution < -0.4 is 5.69 Å². The normalized spacial score (nSPS) is 15.4. The Bertz CT molecular complexity index is 1130. The summed E-state index contributed by atoms with van der Waals surface area (Å²) in [5.74, 6) is 0.143. The van der Waals surface area contributed by atoms with Crippen LogP contribution in [-0.2, 0) is 17.9 Å². The number of aliphatic hydroxyl groups excluding tert-OH is 1. The van der Waals surface area contributed by atoms with Crippen LogP contribution in [0, 0.1) is 5.82 Å². The lowest BCUT2D eigenvalue weighted by molar-refractivity contribution is 0.0845. The van der Waals surface area contributed by atoms with Gasteiger partial charge in [0, 0.05) is 42.8 Å². The summed E-state index contributed by atoms with van der Waals surface area (Å²) < 4.78 is 22.9. The summed E-state index contributed by atoms with van der Waals surface area (Å²) in [6, 6.07) is 5.14. The van der Waals surface area contributed by atoms with Gasteiger partial charge < -0.3 is 9.84 Å². The van der Waals surface area contributed by atoms with E-state index >= 15 is 4.39 Å². The first kappa shape index (κ1) is 20.7. The molecule has 3 heterocycles. The van der Waals surface area contributed by atoms with E-state index in [9.17, 15) is 9.90 Å². The van der Waals surface area contributed by atoms with Crippen molar-refractivity contribution in [3.63, 3.8) is 0 Å². The summed E-state index contributed by atoms with van der Waals surface area (Å²) in [7, 11) is 0. The van der Waals surface area contributed by atoms with Crippen molar-refractivity contribution >= 4 is 10.9 Å². The molecule has 1 aliphatic heterocycles. The smallest absolute Gasteiger partial charge is 0.350 e. The molecule has 2 aromatic heterocycles. The molecule has 4 rings (SSSR count). The zero-order chi connectivity index (χ0) is 21.4. The summed E-state index contributed by atoms with van der Waals surface area (Å²) in [5.41, 5.74) is 2.20. The van der Waals surface area contributed by atoms with Crippen LogP contribution in [0.3, 0.4) is 0 Å². The molecular formula is C22H27FN4O3. The van der Waals surface area contributed by atoms with Gasteiger partial charge in [0.05, 0.1) is 5.52 Å². The number of aliphatic hydroxyl groups is 1. The molecule has 0 unspecified atom stereocenters. The molecule has 160 valence electrons. The van der Waals surface area contributed by atoms with Crippen molar-refractivity contribution in [3.8, 4) is 5.69 Å². The Morgan fingerprint density at radius 2 is 2.00 bits per heavy atom. The highest BCUT2D eigenvalue weighted by molar-refractivity contribution is 5.85. The Labute approximate surface area is 174 Å². The topological polar surface area (TPSA) is 82.2 Å². The van der Waals surface area contributed by atoms with E-state index in [1.54, 1.807) is 13.0 Å². The number of hydrogen-bond acceptors (Lipinski definition) is 5. The predicted octanol–water partition coefficient (Wildman–Crippen LogP) is 3.25. The molecule has 1 aromatic carbocycles. The number of aromatic nitrogens is 4. The number of nitrogens with zero attached hydrogens (tertiary/aromatic N) is 4. The zero-order valence-corrected chi connectivity index (χ0v) is 17.6. The van der Waals surface area contributed by atoms with Crippen molar-refractivity contribution in [2.75, 3.05) is 13.2 Å². The van der Waals surface area contributed by atoms with Crippen molar-refractivity contribution in [2.45, 2.75) is 58.6 Å². The van der Waals surface area contributed by atoms with Gasteiger partial charge >= 0.3 is 5.69 Å². The fourth-order valence-corrected chi connectivity index (χ4v) is 4.15. The Kier molecular flexibility index (Phi) is 5.71. The van der Waals surface area contributed by atoms with Gasteiger partial charge in [0.25, 0.3) is 0 Å². The molecule has 1 N–H and O–H groups in total. The number of fused-ring (bicyclic) bond motifs is 1. The van der Waals surface area contributed by atoms with Crippen molar-refractivity contribution < 1.29 is 14.2 Å². The lowest BCUT2D eigenvalue weighted by Gasteiger charge is -2.23. The van der Waals surface area contributed by atoms with Crippen molar-refractivity contribution in [2.24, 2.45) is 0 Å². The maximum Gasteiger partial charge on any atom is 0.350 e. The summed E-state index contributed by atoms with van der Waals surface area (Å²) in [4.78, 5) is 17.5. The second kappa shape index (κ2) is 8.28. The lowest BCUT2D eigenvalue weighted by atomic mass is 9.91. The first-order chi connectivity index (χ1) is 14.4. The average molecular weight is 414 g/mol. The van der Waals surface area contributed by atoms with Crippen LogP contribution in [0.15, 0.2) is 23.0 Å². The quantitative estimate of drug-likeness (QED) is 0.693. The fraction of sp³-hybridized carbons (Fsp3) is 0.500. The molecule has 0 aliphatic carbocycles. The van der Waals surface area contributed by atoms with Gasteiger partial charge in [-0.15, -0.1) is 5.10 Å². The average Bonchev–Trinajstić information content (AvgIpc) is 3.08. The molecule has 0 atom stereocenters. The maximum atomic E-state index is 15.1. The third-order valence-electron chi connectivity index (χ3n) is 5.82. The van der Waals surface area contributed by atoms with Gasteiger partial charge in [0.1, 0.15) is 12.3 Å². The van der Waals surface area contributed by atoms with Crippen LogP contribution in [0.25, 0.3) is 16.6 Å². The molecule has 30 heavy (non-hydrogen) atoms. The highest BCUT2D eigenvalue weighted by atomic mass is 19.1. The molecule has 0 bridgehead atoms. The summed E-state index contributed by atoms with van der Waals surface area (Å²) in [6.45, 7) is 7.34. The van der Waals surface area contributed by atoms with E-state index in [-0.39, 0.29) is 17.4 Å². The van der Waals surface area contributed by atoms with Gasteiger partial charge in [-0.25, -0.2) is 9.18 Å². The molecule has 0 radical (unpaired) electrons. The molecule has 0 spiro atoms. The number of benzene rings is 1. The first-order valence-electron chi connectivity index (χ1n) is 10.5. The molecule has 3 aromatic rings. The number of rotatable bonds is 5. The van der Waals surface area contributed by atoms with Gasteiger partial charge in [0.2, 0.25) is 0 Å². The van der Waals surface area contributed by atoms with Crippen LogP contribution in [0.1, 0.15) is 62.5 Å². The molecule has 1 fully saturated rings. The van der Waals surface area contributed by atoms with Crippen molar-refractivity contribution in [1.29, 1.82) is 0 Å². The Hall–Kier alpha value is -2.58. The molecule has 0 amide bonds. The van der Waals surface area contributed by atoms with Gasteiger partial charge in [-0.3, -0.25) is 9.55 Å². The van der Waals surface area contributed by atoms with Crippen molar-refractivity contribution in [1.82, 2.24) is 19.3 Å². The fourth-order valence-electron chi connectivity index (χ4n) is 4.15. The molecule has 7 nitrogen and oxygen atoms in total. The third-order valence-corrected chi connectivity index (χ3v) is 5.82. The highest BCUT2D eigenvalue weighted by Gasteiger charge is 2.22. The first-order valence-corrected chi connectivity index (χ1v) is 10.5. The van der Waals surface area contributed by atoms with Crippen LogP contribution in [0.2, 0.25) is 0 Å². The standard InChI is InChI=1S/C22H27FN4O3/c1-4-26-21(12-28)25-27(22(26)29)20-10-16-15(13(2)3)9-18(14-5-7-30-8-6-14)24-19(16)11-17(20)23/h9-11,13-14,28H,4-8,12H2,1-3H3. The van der Waals surface area contributed by atoms with Gasteiger partial charge in [-0.2, -0.15) is 4.68 Å². The molecule has 1 saturated heterocycles. The minimum atomic E-state index is -0.568. The monoisotopic (exact) mass is 414 g/mol. The Morgan fingerprint density at radius 1 is 1.27 bits per heavy atom. The third kappa shape index (κ3) is 3.54. The minimum Gasteiger partial charge on any atom is -0.388 e. The highest BCUT2D eigenvalue weighted by Crippen LogP contribution is 2.33. The zero-order valence-electron chi connectivity index (χ0n) is 17.6. The van der Waals surface area contributed by atoms with E-state index in [0.29, 0.717) is 31.2 Å². The molecule has 1 aliphatic rings. The number of halogens is 1. The van der Waals surface area contributed by atoms with E-state index in [1.807, 2.05) is 0 Å². The molecular weight excluding hydrogens is 387 g/mol.